The van der Waals surface area contributed by atoms with Crippen LogP contribution in [-0.4, -0.2) is 30.2 Å². The highest BCUT2D eigenvalue weighted by atomic mass is 16.5. The number of anilines is 1. The fourth-order valence-electron chi connectivity index (χ4n) is 2.98. The van der Waals surface area contributed by atoms with Crippen LogP contribution in [0.5, 0.6) is 5.75 Å². The second-order valence-corrected chi connectivity index (χ2v) is 5.60. The molecule has 20 heavy (non-hydrogen) atoms. The minimum Gasteiger partial charge on any atom is -0.496 e. The molecule has 0 unspecified atom stereocenters. The molecule has 106 valence electrons. The Morgan fingerprint density at radius 3 is 2.80 bits per heavy atom. The van der Waals surface area contributed by atoms with Gasteiger partial charge in [-0.2, -0.15) is 0 Å². The van der Waals surface area contributed by atoms with Gasteiger partial charge in [0.2, 0.25) is 0 Å². The van der Waals surface area contributed by atoms with Crippen LogP contribution in [0.15, 0.2) is 18.5 Å². The van der Waals surface area contributed by atoms with Crippen LogP contribution in [-0.2, 0) is 0 Å². The number of hydrogen-bond donors (Lipinski definition) is 0. The standard InChI is InChI=1S/C16H21N3O/c1-4-5-12-8-19(9-12)16-13-6-11(2)15(20-3)7-14(13)17-10-18-16/h6-7,10,12H,4-5,8-9H2,1-3H3. The lowest BCUT2D eigenvalue weighted by Gasteiger charge is -2.40. The van der Waals surface area contributed by atoms with Crippen molar-refractivity contribution in [3.63, 3.8) is 0 Å². The molecule has 1 aromatic carbocycles. The minimum absolute atomic E-state index is 0.823. The average Bonchev–Trinajstić information content (AvgIpc) is 2.41. The van der Waals surface area contributed by atoms with E-state index in [1.54, 1.807) is 13.4 Å². The van der Waals surface area contributed by atoms with Crippen LogP contribution in [0.1, 0.15) is 25.3 Å². The molecule has 1 fully saturated rings. The van der Waals surface area contributed by atoms with Gasteiger partial charge in [-0.3, -0.25) is 0 Å². The van der Waals surface area contributed by atoms with E-state index in [1.165, 1.54) is 12.8 Å². The summed E-state index contributed by atoms with van der Waals surface area (Å²) in [5.74, 6) is 2.77. The van der Waals surface area contributed by atoms with Crippen LogP contribution in [0.4, 0.5) is 5.82 Å². The fourth-order valence-corrected chi connectivity index (χ4v) is 2.98. The van der Waals surface area contributed by atoms with Crippen molar-refractivity contribution in [3.8, 4) is 5.75 Å². The summed E-state index contributed by atoms with van der Waals surface area (Å²) in [5.41, 5.74) is 2.08. The molecular formula is C16H21N3O. The van der Waals surface area contributed by atoms with Crippen molar-refractivity contribution in [3.05, 3.63) is 24.0 Å². The molecule has 2 heterocycles. The summed E-state index contributed by atoms with van der Waals surface area (Å²) < 4.78 is 5.37. The monoisotopic (exact) mass is 271 g/mol. The number of methoxy groups -OCH3 is 1. The van der Waals surface area contributed by atoms with Gasteiger partial charge in [0.05, 0.1) is 12.6 Å². The molecule has 1 aliphatic heterocycles. The van der Waals surface area contributed by atoms with E-state index in [-0.39, 0.29) is 0 Å². The molecule has 1 aromatic heterocycles. The molecule has 4 heteroatoms. The number of aryl methyl sites for hydroxylation is 1. The van der Waals surface area contributed by atoms with Crippen LogP contribution in [0, 0.1) is 12.8 Å². The highest BCUT2D eigenvalue weighted by Gasteiger charge is 2.28. The van der Waals surface area contributed by atoms with Crippen molar-refractivity contribution >= 4 is 16.7 Å². The van der Waals surface area contributed by atoms with Crippen LogP contribution in [0.25, 0.3) is 10.9 Å². The predicted molar refractivity (Wildman–Crippen MR) is 81.4 cm³/mol. The minimum atomic E-state index is 0.823. The molecule has 0 amide bonds. The Morgan fingerprint density at radius 1 is 1.30 bits per heavy atom. The molecule has 1 aliphatic rings. The zero-order valence-corrected chi connectivity index (χ0v) is 12.4. The lowest BCUT2D eigenvalue weighted by Crippen LogP contribution is -2.47. The molecule has 0 atom stereocenters. The van der Waals surface area contributed by atoms with Gasteiger partial charge >= 0.3 is 0 Å². The van der Waals surface area contributed by atoms with Crippen LogP contribution < -0.4 is 9.64 Å². The summed E-state index contributed by atoms with van der Waals surface area (Å²) in [6.07, 6.45) is 4.23. The second-order valence-electron chi connectivity index (χ2n) is 5.60. The zero-order chi connectivity index (χ0) is 14.1. The molecule has 0 bridgehead atoms. The van der Waals surface area contributed by atoms with Crippen molar-refractivity contribution in [1.29, 1.82) is 0 Å². The highest BCUT2D eigenvalue weighted by Crippen LogP contribution is 2.33. The largest absolute Gasteiger partial charge is 0.496 e. The Hall–Kier alpha value is -1.84. The molecule has 0 radical (unpaired) electrons. The number of fused-ring (bicyclic) bond motifs is 1. The number of aromatic nitrogens is 2. The predicted octanol–water partition coefficient (Wildman–Crippen LogP) is 3.18. The van der Waals surface area contributed by atoms with E-state index in [2.05, 4.69) is 34.8 Å². The Morgan fingerprint density at radius 2 is 2.10 bits per heavy atom. The third-order valence-corrected chi connectivity index (χ3v) is 4.08. The maximum Gasteiger partial charge on any atom is 0.139 e. The Kier molecular flexibility index (Phi) is 3.47. The van der Waals surface area contributed by atoms with Gasteiger partial charge in [0.15, 0.2) is 0 Å². The number of benzene rings is 1. The Bertz CT molecular complexity index is 620. The quantitative estimate of drug-likeness (QED) is 0.856. The van der Waals surface area contributed by atoms with E-state index in [0.717, 1.165) is 47.0 Å². The smallest absolute Gasteiger partial charge is 0.139 e. The first kappa shape index (κ1) is 13.2. The van der Waals surface area contributed by atoms with E-state index in [0.29, 0.717) is 0 Å². The third kappa shape index (κ3) is 2.19. The van der Waals surface area contributed by atoms with Crippen molar-refractivity contribution in [2.24, 2.45) is 5.92 Å². The first-order chi connectivity index (χ1) is 9.72. The molecule has 0 N–H and O–H groups in total. The topological polar surface area (TPSA) is 38.2 Å². The highest BCUT2D eigenvalue weighted by molar-refractivity contribution is 5.91. The second kappa shape index (κ2) is 5.27. The lowest BCUT2D eigenvalue weighted by atomic mass is 9.94. The van der Waals surface area contributed by atoms with E-state index in [9.17, 15) is 0 Å². The summed E-state index contributed by atoms with van der Waals surface area (Å²) in [6.45, 7) is 6.54. The number of ether oxygens (including phenoxy) is 1. The summed E-state index contributed by atoms with van der Waals surface area (Å²) in [6, 6.07) is 4.13. The van der Waals surface area contributed by atoms with Gasteiger partial charge in [0.25, 0.3) is 0 Å². The van der Waals surface area contributed by atoms with E-state index < -0.39 is 0 Å². The van der Waals surface area contributed by atoms with Crippen molar-refractivity contribution < 1.29 is 4.74 Å². The Balaban J connectivity index is 1.94. The molecule has 2 aromatic rings. The molecule has 3 rings (SSSR count). The Labute approximate surface area is 119 Å². The summed E-state index contributed by atoms with van der Waals surface area (Å²) >= 11 is 0. The van der Waals surface area contributed by atoms with Crippen LogP contribution >= 0.6 is 0 Å². The summed E-state index contributed by atoms with van der Waals surface area (Å²) in [4.78, 5) is 11.2. The van der Waals surface area contributed by atoms with Gasteiger partial charge in [0, 0.05) is 24.5 Å². The van der Waals surface area contributed by atoms with Gasteiger partial charge in [0.1, 0.15) is 17.9 Å². The molecule has 0 aliphatic carbocycles. The fraction of sp³-hybridized carbons (Fsp3) is 0.500. The van der Waals surface area contributed by atoms with Crippen molar-refractivity contribution in [2.75, 3.05) is 25.1 Å². The summed E-state index contributed by atoms with van der Waals surface area (Å²) in [5, 5.41) is 1.13. The molecular weight excluding hydrogens is 250 g/mol. The zero-order valence-electron chi connectivity index (χ0n) is 12.4. The first-order valence-corrected chi connectivity index (χ1v) is 7.27. The normalized spacial score (nSPS) is 15.4. The maximum atomic E-state index is 5.37. The molecule has 1 saturated heterocycles. The van der Waals surface area contributed by atoms with Gasteiger partial charge < -0.3 is 9.64 Å². The van der Waals surface area contributed by atoms with E-state index >= 15 is 0 Å². The van der Waals surface area contributed by atoms with Crippen molar-refractivity contribution in [1.82, 2.24) is 9.97 Å². The number of hydrogen-bond acceptors (Lipinski definition) is 4. The van der Waals surface area contributed by atoms with Gasteiger partial charge in [-0.25, -0.2) is 9.97 Å². The van der Waals surface area contributed by atoms with Gasteiger partial charge in [-0.05, 0) is 30.9 Å². The number of nitrogens with zero attached hydrogens (tertiary/aromatic N) is 3. The van der Waals surface area contributed by atoms with Gasteiger partial charge in [-0.1, -0.05) is 13.3 Å². The lowest BCUT2D eigenvalue weighted by molar-refractivity contribution is 0.379. The maximum absolute atomic E-state index is 5.37. The third-order valence-electron chi connectivity index (χ3n) is 4.08. The van der Waals surface area contributed by atoms with Crippen molar-refractivity contribution in [2.45, 2.75) is 26.7 Å². The van der Waals surface area contributed by atoms with Crippen LogP contribution in [0.3, 0.4) is 0 Å². The van der Waals surface area contributed by atoms with Gasteiger partial charge in [-0.15, -0.1) is 0 Å². The van der Waals surface area contributed by atoms with E-state index in [1.807, 2.05) is 6.07 Å². The number of rotatable bonds is 4. The molecule has 0 saturated carbocycles. The molecule has 4 nitrogen and oxygen atoms in total. The van der Waals surface area contributed by atoms with E-state index in [4.69, 9.17) is 4.74 Å². The SMILES string of the molecule is CCCC1CN(c2ncnc3cc(OC)c(C)cc23)C1. The average molecular weight is 271 g/mol. The van der Waals surface area contributed by atoms with Crippen LogP contribution in [0.2, 0.25) is 0 Å². The summed E-state index contributed by atoms with van der Waals surface area (Å²) in [7, 11) is 1.70. The molecule has 0 spiro atoms. The first-order valence-electron chi connectivity index (χ1n) is 7.27.